The largest absolute Gasteiger partial charge is 0.355 e. The van der Waals surface area contributed by atoms with Gasteiger partial charge in [-0.1, -0.05) is 6.07 Å². The first-order valence-corrected chi connectivity index (χ1v) is 9.86. The Hall–Kier alpha value is -3.13. The number of nitrogens with zero attached hydrogens (tertiary/aromatic N) is 5. The second kappa shape index (κ2) is 8.08. The lowest BCUT2D eigenvalue weighted by Gasteiger charge is -2.22. The number of carbonyl (C=O) groups is 1. The first-order chi connectivity index (χ1) is 14.0. The Balaban J connectivity index is 1.38. The van der Waals surface area contributed by atoms with Crippen LogP contribution in [0.5, 0.6) is 0 Å². The third-order valence-corrected chi connectivity index (χ3v) is 5.48. The van der Waals surface area contributed by atoms with Crippen LogP contribution in [0.2, 0.25) is 0 Å². The van der Waals surface area contributed by atoms with Crippen LogP contribution in [0, 0.1) is 0 Å². The molecule has 3 aromatic rings. The van der Waals surface area contributed by atoms with E-state index in [4.69, 9.17) is 0 Å². The molecule has 1 saturated heterocycles. The van der Waals surface area contributed by atoms with E-state index in [0.717, 1.165) is 49.5 Å². The summed E-state index contributed by atoms with van der Waals surface area (Å²) in [5.74, 6) is 0.942. The first-order valence-electron chi connectivity index (χ1n) is 9.86. The number of aryl methyl sites for hydroxylation is 2. The average Bonchev–Trinajstić information content (AvgIpc) is 2.89. The molecule has 1 aliphatic rings. The molecule has 0 atom stereocenters. The lowest BCUT2D eigenvalue weighted by atomic mass is 10.2. The first kappa shape index (κ1) is 19.2. The van der Waals surface area contributed by atoms with Gasteiger partial charge in [-0.25, -0.2) is 9.78 Å². The fourth-order valence-electron chi connectivity index (χ4n) is 3.89. The number of carbonyl (C=O) groups excluding carboxylic acids is 1. The van der Waals surface area contributed by atoms with Crippen molar-refractivity contribution in [2.45, 2.75) is 6.42 Å². The van der Waals surface area contributed by atoms with Gasteiger partial charge in [0.2, 0.25) is 5.91 Å². The van der Waals surface area contributed by atoms with Crippen LogP contribution >= 0.6 is 0 Å². The van der Waals surface area contributed by atoms with Gasteiger partial charge in [0, 0.05) is 52.2 Å². The number of rotatable bonds is 4. The molecule has 0 saturated carbocycles. The van der Waals surface area contributed by atoms with Crippen molar-refractivity contribution in [3.05, 3.63) is 53.1 Å². The van der Waals surface area contributed by atoms with Gasteiger partial charge in [-0.05, 0) is 36.8 Å². The summed E-state index contributed by atoms with van der Waals surface area (Å²) >= 11 is 0. The van der Waals surface area contributed by atoms with Crippen molar-refractivity contribution in [1.29, 1.82) is 0 Å². The number of fused-ring (bicyclic) bond motifs is 1. The number of pyridine rings is 1. The van der Waals surface area contributed by atoms with Crippen LogP contribution in [0.1, 0.15) is 6.42 Å². The number of hydrogen-bond donors (Lipinski definition) is 1. The summed E-state index contributed by atoms with van der Waals surface area (Å²) in [4.78, 5) is 33.5. The molecule has 2 aromatic heterocycles. The van der Waals surface area contributed by atoms with Gasteiger partial charge in [0.25, 0.3) is 0 Å². The second-order valence-corrected chi connectivity index (χ2v) is 7.46. The van der Waals surface area contributed by atoms with Crippen molar-refractivity contribution in [3.8, 4) is 0 Å². The maximum Gasteiger partial charge on any atom is 0.328 e. The maximum absolute atomic E-state index is 12.6. The molecule has 1 aliphatic heterocycles. The highest BCUT2D eigenvalue weighted by Gasteiger charge is 2.18. The summed E-state index contributed by atoms with van der Waals surface area (Å²) < 4.78 is 3.19. The Morgan fingerprint density at radius 1 is 1.03 bits per heavy atom. The zero-order valence-corrected chi connectivity index (χ0v) is 16.8. The van der Waals surface area contributed by atoms with Gasteiger partial charge in [0.1, 0.15) is 5.82 Å². The fraction of sp³-hybridized carbons (Fsp3) is 0.381. The predicted molar refractivity (Wildman–Crippen MR) is 114 cm³/mol. The van der Waals surface area contributed by atoms with Gasteiger partial charge < -0.3 is 10.2 Å². The summed E-state index contributed by atoms with van der Waals surface area (Å²) in [6.07, 6.45) is 2.80. The Bertz CT molecular complexity index is 1070. The summed E-state index contributed by atoms with van der Waals surface area (Å²) in [7, 11) is 3.48. The van der Waals surface area contributed by atoms with Crippen LogP contribution in [0.15, 0.2) is 47.4 Å². The number of aromatic nitrogens is 3. The lowest BCUT2D eigenvalue weighted by Crippen LogP contribution is -2.36. The van der Waals surface area contributed by atoms with Crippen molar-refractivity contribution in [2.75, 3.05) is 42.9 Å². The van der Waals surface area contributed by atoms with E-state index in [9.17, 15) is 9.59 Å². The van der Waals surface area contributed by atoms with E-state index < -0.39 is 0 Å². The van der Waals surface area contributed by atoms with Crippen molar-refractivity contribution < 1.29 is 4.79 Å². The molecule has 152 valence electrons. The molecule has 1 aromatic carbocycles. The number of anilines is 2. The number of nitrogens with one attached hydrogen (secondary N) is 1. The molecular weight excluding hydrogens is 368 g/mol. The Morgan fingerprint density at radius 3 is 2.66 bits per heavy atom. The molecular formula is C21H26N6O2. The maximum atomic E-state index is 12.6. The monoisotopic (exact) mass is 394 g/mol. The molecule has 1 fully saturated rings. The molecule has 0 radical (unpaired) electrons. The third kappa shape index (κ3) is 4.02. The highest BCUT2D eigenvalue weighted by Crippen LogP contribution is 2.18. The van der Waals surface area contributed by atoms with E-state index in [1.54, 1.807) is 23.2 Å². The summed E-state index contributed by atoms with van der Waals surface area (Å²) in [6, 6.07) is 11.5. The van der Waals surface area contributed by atoms with Crippen LogP contribution in [0.4, 0.5) is 11.5 Å². The van der Waals surface area contributed by atoms with E-state index in [2.05, 4.69) is 20.1 Å². The zero-order valence-electron chi connectivity index (χ0n) is 16.8. The molecule has 8 heteroatoms. The fourth-order valence-corrected chi connectivity index (χ4v) is 3.89. The molecule has 1 amide bonds. The Kier molecular flexibility index (Phi) is 5.35. The van der Waals surface area contributed by atoms with Gasteiger partial charge in [0.15, 0.2) is 0 Å². The molecule has 4 rings (SSSR count). The minimum Gasteiger partial charge on any atom is -0.355 e. The van der Waals surface area contributed by atoms with Crippen LogP contribution in [-0.4, -0.2) is 57.6 Å². The number of imidazole rings is 1. The Morgan fingerprint density at radius 2 is 1.86 bits per heavy atom. The smallest absolute Gasteiger partial charge is 0.328 e. The lowest BCUT2D eigenvalue weighted by molar-refractivity contribution is -0.117. The molecule has 1 N–H and O–H groups in total. The van der Waals surface area contributed by atoms with Gasteiger partial charge in [-0.3, -0.25) is 18.8 Å². The summed E-state index contributed by atoms with van der Waals surface area (Å²) in [6.45, 7) is 3.83. The van der Waals surface area contributed by atoms with E-state index in [0.29, 0.717) is 12.2 Å². The molecule has 29 heavy (non-hydrogen) atoms. The number of hydrogen-bond acceptors (Lipinski definition) is 5. The van der Waals surface area contributed by atoms with Crippen molar-refractivity contribution in [1.82, 2.24) is 19.0 Å². The topological polar surface area (TPSA) is 75.4 Å². The molecule has 0 unspecified atom stereocenters. The molecule has 0 spiro atoms. The van der Waals surface area contributed by atoms with Gasteiger partial charge in [-0.2, -0.15) is 0 Å². The number of benzene rings is 1. The van der Waals surface area contributed by atoms with Gasteiger partial charge in [0.05, 0.1) is 17.6 Å². The van der Waals surface area contributed by atoms with E-state index >= 15 is 0 Å². The highest BCUT2D eigenvalue weighted by atomic mass is 16.2. The van der Waals surface area contributed by atoms with Gasteiger partial charge >= 0.3 is 5.69 Å². The van der Waals surface area contributed by atoms with Crippen molar-refractivity contribution in [2.24, 2.45) is 14.1 Å². The Labute approximate surface area is 169 Å². The van der Waals surface area contributed by atoms with Crippen LogP contribution in [0.3, 0.4) is 0 Å². The zero-order chi connectivity index (χ0) is 20.4. The van der Waals surface area contributed by atoms with E-state index in [-0.39, 0.29) is 11.6 Å². The SMILES string of the molecule is Cn1c(=O)n(C)c2cc(NC(=O)CN3CCCN(c4ccccn4)CC3)ccc21. The van der Waals surface area contributed by atoms with E-state index in [1.807, 2.05) is 42.6 Å². The van der Waals surface area contributed by atoms with Crippen molar-refractivity contribution in [3.63, 3.8) is 0 Å². The quantitative estimate of drug-likeness (QED) is 0.724. The molecule has 8 nitrogen and oxygen atoms in total. The highest BCUT2D eigenvalue weighted by molar-refractivity contribution is 5.94. The minimum absolute atomic E-state index is 0.0448. The minimum atomic E-state index is -0.0782. The normalized spacial score (nSPS) is 15.4. The van der Waals surface area contributed by atoms with Crippen LogP contribution < -0.4 is 15.9 Å². The van der Waals surface area contributed by atoms with Crippen LogP contribution in [-0.2, 0) is 18.9 Å². The molecule has 0 aliphatic carbocycles. The standard InChI is InChI=1S/C21H26N6O2/c1-24-17-8-7-16(14-18(17)25(2)21(24)29)23-20(28)15-26-10-5-11-27(13-12-26)19-6-3-4-9-22-19/h3-4,6-9,14H,5,10-13,15H2,1-2H3,(H,23,28). The average molecular weight is 394 g/mol. The number of amides is 1. The van der Waals surface area contributed by atoms with Gasteiger partial charge in [-0.15, -0.1) is 0 Å². The predicted octanol–water partition coefficient (Wildman–Crippen LogP) is 1.42. The summed E-state index contributed by atoms with van der Waals surface area (Å²) in [5.41, 5.74) is 2.27. The molecule has 3 heterocycles. The van der Waals surface area contributed by atoms with Crippen LogP contribution in [0.25, 0.3) is 11.0 Å². The third-order valence-electron chi connectivity index (χ3n) is 5.48. The molecule has 0 bridgehead atoms. The van der Waals surface area contributed by atoms with E-state index in [1.165, 1.54) is 0 Å². The van der Waals surface area contributed by atoms with Crippen molar-refractivity contribution >= 4 is 28.4 Å². The second-order valence-electron chi connectivity index (χ2n) is 7.46. The summed E-state index contributed by atoms with van der Waals surface area (Å²) in [5, 5.41) is 2.97.